The summed E-state index contributed by atoms with van der Waals surface area (Å²) >= 11 is 0. The third-order valence-corrected chi connectivity index (χ3v) is 0. The summed E-state index contributed by atoms with van der Waals surface area (Å²) in [7, 11) is -9.36. The Bertz CT molecular complexity index is 55.2. The predicted octanol–water partition coefficient (Wildman–Crippen LogP) is -8.82. The van der Waals surface area contributed by atoms with Gasteiger partial charge in [-0.25, -0.2) is 0 Å². The summed E-state index contributed by atoms with van der Waals surface area (Å²) in [5.74, 6) is 0. The molecule has 0 heterocycles. The molecule has 0 aromatic rings. The molecule has 16 heteroatoms. The molecule has 0 aromatic carbocycles. The third kappa shape index (κ3) is 279. The van der Waals surface area contributed by atoms with Crippen LogP contribution in [-0.4, -0.2) is 125 Å². The first-order valence-electron chi connectivity index (χ1n) is 1.70. The zero-order valence-electron chi connectivity index (χ0n) is 6.29. The second-order valence-corrected chi connectivity index (χ2v) is 2.14. The third-order valence-electron chi connectivity index (χ3n) is 0. The van der Waals surface area contributed by atoms with Crippen LogP contribution in [0, 0.1) is 0 Å². The van der Waals surface area contributed by atoms with Crippen LogP contribution in [0.3, 0.4) is 0 Å². The molecule has 0 saturated carbocycles. The van der Waals surface area contributed by atoms with Crippen LogP contribution in [0.4, 0.5) is 0 Å². The first kappa shape index (κ1) is 42.8. The molecule has 0 bridgehead atoms. The molecule has 0 spiro atoms. The smallest absolute Gasteiger partial charge is 0.165 e. The van der Waals surface area contributed by atoms with E-state index in [1.807, 2.05) is 0 Å². The average molecular weight is 378 g/mol. The van der Waals surface area contributed by atoms with E-state index in [9.17, 15) is 0 Å². The van der Waals surface area contributed by atoms with Gasteiger partial charge in [0.25, 0.3) is 0 Å². The maximum Gasteiger partial charge on any atom is -0.165 e. The van der Waals surface area contributed by atoms with Crippen LogP contribution < -0.4 is 29.4 Å². The minimum absolute atomic E-state index is 0. The van der Waals surface area contributed by atoms with Crippen molar-refractivity contribution in [1.82, 2.24) is 0 Å². The van der Waals surface area contributed by atoms with Crippen LogP contribution in [0.5, 0.6) is 0 Å². The summed E-state index contributed by atoms with van der Waals surface area (Å²) in [6.45, 7) is 0. The average Bonchev–Trinajstić information content (AvgIpc) is 1.54. The van der Waals surface area contributed by atoms with Crippen LogP contribution in [0.1, 0.15) is 0 Å². The predicted molar refractivity (Wildman–Crippen MR) is 56.0 cm³/mol. The number of rotatable bonds is 0. The van der Waals surface area contributed by atoms with Gasteiger partial charge in [-0.3, -0.25) is 0 Å². The van der Waals surface area contributed by atoms with Crippen molar-refractivity contribution in [1.29, 1.82) is 0 Å². The van der Waals surface area contributed by atoms with Crippen molar-refractivity contribution in [3.8, 4) is 0 Å². The minimum atomic E-state index is -3.12. The second kappa shape index (κ2) is 36.6. The van der Waals surface area contributed by atoms with Crippen molar-refractivity contribution in [2.24, 2.45) is 0 Å². The Labute approximate surface area is 177 Å². The molecule has 0 saturated heterocycles. The molecular formula is H7Al2Ca2O9P3. The minimum Gasteiger partial charge on any atom is -0.820 e. The quantitative estimate of drug-likeness (QED) is 0.270. The van der Waals surface area contributed by atoms with Gasteiger partial charge < -0.3 is 44.0 Å². The maximum atomic E-state index is 8.59. The van der Waals surface area contributed by atoms with Gasteiger partial charge in [0.1, 0.15) is 0 Å². The molecule has 0 amide bonds. The monoisotopic (exact) mass is 378 g/mol. The molecule has 86 valence electrons. The van der Waals surface area contributed by atoms with Gasteiger partial charge in [-0.1, -0.05) is 0 Å². The Morgan fingerprint density at radius 2 is 0.500 bits per heavy atom. The molecule has 0 unspecified atom stereocenters. The molecule has 3 N–H and O–H groups in total. The summed E-state index contributed by atoms with van der Waals surface area (Å²) in [5.41, 5.74) is 0. The topological polar surface area (TPSA) is 199 Å². The maximum absolute atomic E-state index is 8.59. The van der Waals surface area contributed by atoms with Crippen molar-refractivity contribution >= 4 is 136 Å². The fourth-order valence-corrected chi connectivity index (χ4v) is 0. The Morgan fingerprint density at radius 3 is 0.500 bits per heavy atom. The summed E-state index contributed by atoms with van der Waals surface area (Å²) in [5, 5.41) is 0. The molecule has 0 radical (unpaired) electrons. The zero-order valence-corrected chi connectivity index (χ0v) is 11.3. The van der Waals surface area contributed by atoms with Crippen molar-refractivity contribution in [2.75, 3.05) is 0 Å². The molecule has 0 fully saturated rings. The Balaban J connectivity index is -0.0000000135. The van der Waals surface area contributed by atoms with E-state index in [4.69, 9.17) is 44.0 Å². The molecule has 9 nitrogen and oxygen atoms in total. The van der Waals surface area contributed by atoms with E-state index >= 15 is 0 Å². The largest absolute Gasteiger partial charge is 0.820 e. The zero-order chi connectivity index (χ0) is 10.7. The number of hydrogen-bond acceptors (Lipinski definition) is 9. The molecule has 16 heavy (non-hydrogen) atoms. The Kier molecular flexibility index (Phi) is 97.9. The van der Waals surface area contributed by atoms with E-state index in [2.05, 4.69) is 0 Å². The summed E-state index contributed by atoms with van der Waals surface area (Å²) < 4.78 is 0. The first-order valence-corrected chi connectivity index (χ1v) is 5.09. The standard InChI is InChI=1S/2Al.2Ca.3HO3P.4H/c;;;;3*1-4(2)3;;;;/h;;;;3*1H;;;;/q2*+3;;;3*-2;;;;. The van der Waals surface area contributed by atoms with Crippen LogP contribution >= 0.6 is 25.8 Å². The fraction of sp³-hybridized carbons (Fsp3) is 0. The molecule has 0 aliphatic rings. The van der Waals surface area contributed by atoms with Crippen molar-refractivity contribution in [2.45, 2.75) is 0 Å². The van der Waals surface area contributed by atoms with Gasteiger partial charge in [-0.2, -0.15) is 25.8 Å². The van der Waals surface area contributed by atoms with Crippen LogP contribution in [0.15, 0.2) is 0 Å². The number of hydrogen-bond donors (Lipinski definition) is 3. The summed E-state index contributed by atoms with van der Waals surface area (Å²) in [6.07, 6.45) is 0. The van der Waals surface area contributed by atoms with Gasteiger partial charge in [0.05, 0.1) is 0 Å². The van der Waals surface area contributed by atoms with Crippen LogP contribution in [0.25, 0.3) is 0 Å². The summed E-state index contributed by atoms with van der Waals surface area (Å²) in [4.78, 5) is 72.6. The van der Waals surface area contributed by atoms with E-state index < -0.39 is 25.8 Å². The van der Waals surface area contributed by atoms with E-state index in [1.54, 1.807) is 0 Å². The molecule has 0 aliphatic heterocycles. The second-order valence-electron chi connectivity index (χ2n) is 0.714. The normalized spacial score (nSPS) is 6.75. The van der Waals surface area contributed by atoms with Gasteiger partial charge in [-0.15, -0.1) is 0 Å². The van der Waals surface area contributed by atoms with E-state index in [-0.39, 0.29) is 110 Å². The fourth-order valence-electron chi connectivity index (χ4n) is 0. The molecule has 0 aliphatic carbocycles. The molecule has 0 rings (SSSR count). The van der Waals surface area contributed by atoms with E-state index in [0.717, 1.165) is 0 Å². The van der Waals surface area contributed by atoms with Crippen LogP contribution in [-0.2, 0) is 0 Å². The Hall–Kier alpha value is 4.51. The Morgan fingerprint density at radius 1 is 0.500 bits per heavy atom. The van der Waals surface area contributed by atoms with Gasteiger partial charge >= 0.3 is 110 Å². The first-order chi connectivity index (χ1) is 5.20. The van der Waals surface area contributed by atoms with Gasteiger partial charge in [0.2, 0.25) is 0 Å². The van der Waals surface area contributed by atoms with Gasteiger partial charge in [0, 0.05) is 0 Å². The molecule has 0 aromatic heterocycles. The summed E-state index contributed by atoms with van der Waals surface area (Å²) in [6, 6.07) is 0. The van der Waals surface area contributed by atoms with Crippen molar-refractivity contribution in [3.63, 3.8) is 0 Å². The van der Waals surface area contributed by atoms with E-state index in [1.165, 1.54) is 0 Å². The van der Waals surface area contributed by atoms with E-state index in [0.29, 0.717) is 0 Å². The SMILES string of the molecule is [Al+3].[Al+3].[CaH2].[CaH2].[O-]P([O-])O.[O-]P([O-])O.[O-]P([O-])O. The molecule has 0 atom stereocenters. The van der Waals surface area contributed by atoms with Crippen molar-refractivity contribution in [3.05, 3.63) is 0 Å². The van der Waals surface area contributed by atoms with Gasteiger partial charge in [0.15, 0.2) is 0 Å². The van der Waals surface area contributed by atoms with Crippen LogP contribution in [0.2, 0.25) is 0 Å². The molecular weight excluding hydrogens is 371 g/mol. The van der Waals surface area contributed by atoms with Gasteiger partial charge in [-0.05, 0) is 0 Å². The van der Waals surface area contributed by atoms with Crippen molar-refractivity contribution < 1.29 is 44.0 Å².